The highest BCUT2D eigenvalue weighted by atomic mass is 32.1. The average Bonchev–Trinajstić information content (AvgIpc) is 1.60. The van der Waals surface area contributed by atoms with Gasteiger partial charge in [-0.15, -0.1) is 11.3 Å². The molecule has 0 bridgehead atoms. The minimum atomic E-state index is -0.936. The number of β-amino-alcohol motifs (C(OH)–C–C–N with tert-alkyl or cyclic N) is 1. The summed E-state index contributed by atoms with van der Waals surface area (Å²) in [6.45, 7) is 21.7. The van der Waals surface area contributed by atoms with Crippen LogP contribution in [0.1, 0.15) is 123 Å². The van der Waals surface area contributed by atoms with Gasteiger partial charge in [-0.3, -0.25) is 28.9 Å². The van der Waals surface area contributed by atoms with Crippen LogP contribution in [0.25, 0.3) is 21.3 Å². The molecule has 9 rings (SSSR count). The van der Waals surface area contributed by atoms with Gasteiger partial charge in [0.2, 0.25) is 23.6 Å². The molecule has 3 saturated heterocycles. The van der Waals surface area contributed by atoms with E-state index in [2.05, 4.69) is 69.4 Å². The van der Waals surface area contributed by atoms with Crippen molar-refractivity contribution in [1.82, 2.24) is 35.3 Å². The summed E-state index contributed by atoms with van der Waals surface area (Å²) in [6.07, 6.45) is 2.46. The van der Waals surface area contributed by atoms with E-state index >= 15 is 0 Å². The van der Waals surface area contributed by atoms with E-state index in [9.17, 15) is 34.3 Å². The number of carbonyl (C=O) groups excluding carboxylic acids is 5. The van der Waals surface area contributed by atoms with Gasteiger partial charge in [0.15, 0.2) is 5.78 Å². The van der Waals surface area contributed by atoms with Crippen LogP contribution >= 0.6 is 11.3 Å². The monoisotopic (exact) mass is 1170 g/mol. The molecule has 0 saturated carbocycles. The number of likely N-dealkylation sites (tertiary alicyclic amines) is 1. The van der Waals surface area contributed by atoms with Gasteiger partial charge in [-0.05, 0) is 78.1 Å². The number of nitriles is 1. The SMILES string of the molecule is CCc1cc2c(cc1N1CCC(N3CCN(C(=O)CCOCCOCCOCCOCCC(=O)N[C@H](C(=O)N4C[C@H](O)C[C@H]4C(=O)NCc4ccc(-c5scnc5C)cc4)C(C)(C)C)CC3)CC1)C(C)(C)c1[nH]c3cc(C#N)ccc3c1C2=O. The van der Waals surface area contributed by atoms with Crippen molar-refractivity contribution in [3.63, 3.8) is 0 Å². The maximum absolute atomic E-state index is 14.2. The molecule has 4 aliphatic rings. The van der Waals surface area contributed by atoms with Crippen LogP contribution in [0.4, 0.5) is 5.69 Å². The van der Waals surface area contributed by atoms with Gasteiger partial charge < -0.3 is 54.4 Å². The molecule has 3 aliphatic heterocycles. The molecule has 4 amide bonds. The normalized spacial score (nSPS) is 18.6. The van der Waals surface area contributed by atoms with E-state index in [1.807, 2.05) is 74.5 Å². The number of hydrogen-bond acceptors (Lipinski definition) is 15. The first kappa shape index (κ1) is 62.0. The Kier molecular flexibility index (Phi) is 20.4. The van der Waals surface area contributed by atoms with Crippen LogP contribution in [0.3, 0.4) is 0 Å². The molecule has 5 aromatic rings. The zero-order chi connectivity index (χ0) is 59.7. The van der Waals surface area contributed by atoms with E-state index in [0.29, 0.717) is 76.3 Å². The first-order chi connectivity index (χ1) is 40.4. The first-order valence-electron chi connectivity index (χ1n) is 29.8. The van der Waals surface area contributed by atoms with Crippen molar-refractivity contribution in [2.75, 3.05) is 104 Å². The number of aliphatic hydroxyl groups excluding tert-OH is 1. The fraction of sp³-hybridized carbons (Fsp3) is 0.547. The van der Waals surface area contributed by atoms with Crippen molar-refractivity contribution in [3.05, 3.63) is 105 Å². The molecule has 0 spiro atoms. The van der Waals surface area contributed by atoms with Gasteiger partial charge in [0.1, 0.15) is 12.1 Å². The predicted octanol–water partition coefficient (Wildman–Crippen LogP) is 6.67. The highest BCUT2D eigenvalue weighted by Gasteiger charge is 2.45. The minimum Gasteiger partial charge on any atom is -0.391 e. The van der Waals surface area contributed by atoms with E-state index in [0.717, 1.165) is 94.9 Å². The van der Waals surface area contributed by atoms with Crippen LogP contribution < -0.4 is 15.5 Å². The summed E-state index contributed by atoms with van der Waals surface area (Å²) in [5, 5.41) is 26.8. The smallest absolute Gasteiger partial charge is 0.246 e. The standard InChI is InChI=1S/C64H83N9O10S/c1-8-44-34-49-50(64(6,7)59-56(57(49)77)48-14-11-43(37-65)33-51(48)68-59)36-52(44)71-19-15-46(16-20-71)70-21-23-72(24-22-70)55(76)18-26-81-28-30-83-32-31-82-29-27-80-25-17-54(75)69-60(63(3,4)5)62(79)73-39-47(74)35-53(73)61(78)66-38-42-9-12-45(13-10-42)58-41(2)67-40-84-58/h9-14,33-34,36,40,46-47,53,60,68,74H,8,15-32,35,38-39H2,1-7H3,(H,66,78)(H,69,75)/t47-,53+,60-/m1/s1. The number of H-pyrrole nitrogens is 1. The Hall–Kier alpha value is -6.57. The second-order valence-electron chi connectivity index (χ2n) is 24.1. The number of aromatic nitrogens is 2. The maximum atomic E-state index is 14.2. The highest BCUT2D eigenvalue weighted by Crippen LogP contribution is 2.46. The van der Waals surface area contributed by atoms with Crippen molar-refractivity contribution < 1.29 is 48.0 Å². The van der Waals surface area contributed by atoms with Crippen LogP contribution in [0, 0.1) is 23.7 Å². The third kappa shape index (κ3) is 14.4. The van der Waals surface area contributed by atoms with E-state index < -0.39 is 34.9 Å². The second-order valence-corrected chi connectivity index (χ2v) is 25.0. The van der Waals surface area contributed by atoms with Crippen LogP contribution in [0.5, 0.6) is 0 Å². The molecule has 1 aliphatic carbocycles. The quantitative estimate of drug-likeness (QED) is 0.0473. The number of carbonyl (C=O) groups is 5. The molecule has 4 N–H and O–H groups in total. The summed E-state index contributed by atoms with van der Waals surface area (Å²) in [7, 11) is 0. The number of fused-ring (bicyclic) bond motifs is 4. The van der Waals surface area contributed by atoms with E-state index in [4.69, 9.17) is 18.9 Å². The number of benzene rings is 3. The summed E-state index contributed by atoms with van der Waals surface area (Å²) in [5.74, 6) is -1.02. The predicted molar refractivity (Wildman–Crippen MR) is 322 cm³/mol. The van der Waals surface area contributed by atoms with E-state index in [1.54, 1.807) is 17.4 Å². The lowest BCUT2D eigenvalue weighted by Crippen LogP contribution is -2.57. The van der Waals surface area contributed by atoms with Crippen LogP contribution in [0.15, 0.2) is 60.1 Å². The number of ketones is 1. The Labute approximate surface area is 497 Å². The van der Waals surface area contributed by atoms with Gasteiger partial charge in [-0.2, -0.15) is 5.26 Å². The Morgan fingerprint density at radius 1 is 0.881 bits per heavy atom. The number of ether oxygens (including phenoxy) is 4. The zero-order valence-electron chi connectivity index (χ0n) is 49.9. The largest absolute Gasteiger partial charge is 0.391 e. The summed E-state index contributed by atoms with van der Waals surface area (Å²) < 4.78 is 22.6. The topological polar surface area (TPSA) is 232 Å². The molecule has 20 heteroatoms. The van der Waals surface area contributed by atoms with Crippen LogP contribution in [-0.2, 0) is 56.5 Å². The molecular weight excluding hydrogens is 1090 g/mol. The summed E-state index contributed by atoms with van der Waals surface area (Å²) in [4.78, 5) is 85.2. The molecule has 2 aromatic heterocycles. The number of aromatic amines is 1. The van der Waals surface area contributed by atoms with Crippen molar-refractivity contribution in [2.24, 2.45) is 5.41 Å². The Morgan fingerprint density at radius 2 is 1.54 bits per heavy atom. The lowest BCUT2D eigenvalue weighted by atomic mass is 9.70. The molecule has 3 fully saturated rings. The Morgan fingerprint density at radius 3 is 2.15 bits per heavy atom. The Bertz CT molecular complexity index is 3180. The van der Waals surface area contributed by atoms with E-state index in [-0.39, 0.29) is 62.6 Å². The number of nitrogens with one attached hydrogen (secondary N) is 3. The first-order valence-corrected chi connectivity index (χ1v) is 30.6. The number of thiazole rings is 1. The number of piperidine rings is 1. The summed E-state index contributed by atoms with van der Waals surface area (Å²) >= 11 is 1.57. The van der Waals surface area contributed by atoms with Gasteiger partial charge in [0.05, 0.1) is 98.7 Å². The fourth-order valence-electron chi connectivity index (χ4n) is 12.2. The third-order valence-corrected chi connectivity index (χ3v) is 18.0. The maximum Gasteiger partial charge on any atom is 0.246 e. The van der Waals surface area contributed by atoms with Crippen molar-refractivity contribution in [3.8, 4) is 16.5 Å². The van der Waals surface area contributed by atoms with Crippen molar-refractivity contribution >= 4 is 57.3 Å². The lowest BCUT2D eigenvalue weighted by Gasteiger charge is -2.44. The number of anilines is 1. The zero-order valence-corrected chi connectivity index (χ0v) is 50.7. The lowest BCUT2D eigenvalue weighted by molar-refractivity contribution is -0.144. The number of aliphatic hydroxyl groups is 1. The van der Waals surface area contributed by atoms with Crippen molar-refractivity contribution in [1.29, 1.82) is 5.26 Å². The highest BCUT2D eigenvalue weighted by molar-refractivity contribution is 7.13. The van der Waals surface area contributed by atoms with Gasteiger partial charge in [-0.25, -0.2) is 4.98 Å². The number of amides is 4. The van der Waals surface area contributed by atoms with Gasteiger partial charge in [-0.1, -0.05) is 71.9 Å². The molecule has 3 atom stereocenters. The number of rotatable bonds is 24. The third-order valence-electron chi connectivity index (χ3n) is 17.0. The minimum absolute atomic E-state index is 0.00930. The summed E-state index contributed by atoms with van der Waals surface area (Å²) in [6, 6.07) is 18.6. The molecule has 5 heterocycles. The number of aryl methyl sites for hydroxylation is 2. The van der Waals surface area contributed by atoms with Gasteiger partial charge >= 0.3 is 0 Å². The Balaban J connectivity index is 0.598. The fourth-order valence-corrected chi connectivity index (χ4v) is 13.0. The molecule has 3 aromatic carbocycles. The number of nitrogens with zero attached hydrogens (tertiary/aromatic N) is 6. The second kappa shape index (κ2) is 27.6. The van der Waals surface area contributed by atoms with Crippen LogP contribution in [-0.4, -0.2) is 182 Å². The summed E-state index contributed by atoms with van der Waals surface area (Å²) in [5.41, 5.74) is 10.8. The molecule has 0 unspecified atom stereocenters. The van der Waals surface area contributed by atoms with Gasteiger partial charge in [0.25, 0.3) is 0 Å². The number of hydrogen-bond donors (Lipinski definition) is 4. The molecule has 0 radical (unpaired) electrons. The number of piperazine rings is 1. The molecular formula is C64H83N9O10S. The average molecular weight is 1170 g/mol. The molecule has 19 nitrogen and oxygen atoms in total. The van der Waals surface area contributed by atoms with Gasteiger partial charge in [0, 0.05) is 105 Å². The van der Waals surface area contributed by atoms with Crippen molar-refractivity contribution in [2.45, 2.75) is 123 Å². The van der Waals surface area contributed by atoms with E-state index in [1.165, 1.54) is 16.2 Å². The molecule has 450 valence electrons. The molecule has 84 heavy (non-hydrogen) atoms. The van der Waals surface area contributed by atoms with Crippen LogP contribution in [0.2, 0.25) is 0 Å².